The number of nitrogens with zero attached hydrogens (tertiary/aromatic N) is 1. The van der Waals surface area contributed by atoms with Crippen molar-refractivity contribution in [3.8, 4) is 0 Å². The van der Waals surface area contributed by atoms with Gasteiger partial charge >= 0.3 is 5.97 Å². The zero-order valence-electron chi connectivity index (χ0n) is 8.18. The second-order valence-corrected chi connectivity index (χ2v) is 3.20. The fourth-order valence-electron chi connectivity index (χ4n) is 1.34. The summed E-state index contributed by atoms with van der Waals surface area (Å²) in [4.78, 5) is 12.3. The molecule has 0 amide bonds. The van der Waals surface area contributed by atoms with E-state index in [-0.39, 0.29) is 12.4 Å². The van der Waals surface area contributed by atoms with Gasteiger partial charge in [-0.25, -0.2) is 4.79 Å². The molecule has 0 aromatic carbocycles. The number of carboxylic acids is 1. The van der Waals surface area contributed by atoms with Gasteiger partial charge in [-0.1, -0.05) is 6.08 Å². The Labute approximate surface area is 89.9 Å². The molecule has 0 aliphatic carbocycles. The van der Waals surface area contributed by atoms with E-state index in [0.717, 1.165) is 19.6 Å². The first kappa shape index (κ1) is 13.4. The molecule has 0 radical (unpaired) electrons. The van der Waals surface area contributed by atoms with Crippen molar-refractivity contribution in [2.24, 2.45) is 0 Å². The lowest BCUT2D eigenvalue weighted by Crippen LogP contribution is -2.31. The van der Waals surface area contributed by atoms with Gasteiger partial charge in [0.15, 0.2) is 0 Å². The summed E-state index contributed by atoms with van der Waals surface area (Å²) in [5, 5.41) is 8.36. The number of hydrogen-bond donors (Lipinski definition) is 1. The maximum atomic E-state index is 10.2. The highest BCUT2D eigenvalue weighted by molar-refractivity contribution is 5.85. The van der Waals surface area contributed by atoms with Crippen molar-refractivity contribution in [2.45, 2.75) is 12.5 Å². The van der Waals surface area contributed by atoms with Crippen molar-refractivity contribution >= 4 is 18.4 Å². The summed E-state index contributed by atoms with van der Waals surface area (Å²) in [5.74, 6) is -0.893. The van der Waals surface area contributed by atoms with Gasteiger partial charge in [0.25, 0.3) is 0 Å². The van der Waals surface area contributed by atoms with E-state index >= 15 is 0 Å². The summed E-state index contributed by atoms with van der Waals surface area (Å²) in [6, 6.07) is 0.443. The fourth-order valence-corrected chi connectivity index (χ4v) is 1.34. The smallest absolute Gasteiger partial charge is 0.328 e. The molecule has 5 heteroatoms. The Balaban J connectivity index is 0.00000169. The van der Waals surface area contributed by atoms with E-state index in [1.807, 2.05) is 7.05 Å². The first-order chi connectivity index (χ1) is 6.20. The van der Waals surface area contributed by atoms with Crippen LogP contribution in [-0.2, 0) is 9.53 Å². The molecule has 0 aromatic heterocycles. The molecule has 1 N–H and O–H groups in total. The summed E-state index contributed by atoms with van der Waals surface area (Å²) in [6.45, 7) is 2.25. The number of ether oxygens (including phenoxy) is 1. The molecule has 0 spiro atoms. The molecule has 1 atom stereocenters. The maximum Gasteiger partial charge on any atom is 0.328 e. The number of hydrogen-bond acceptors (Lipinski definition) is 3. The van der Waals surface area contributed by atoms with Gasteiger partial charge in [0.1, 0.15) is 0 Å². The lowest BCUT2D eigenvalue weighted by atomic mass is 10.2. The number of rotatable bonds is 4. The lowest BCUT2D eigenvalue weighted by Gasteiger charge is -2.20. The average Bonchev–Trinajstić information content (AvgIpc) is 2.55. The Morgan fingerprint density at radius 3 is 2.93 bits per heavy atom. The molecule has 4 nitrogen and oxygen atoms in total. The normalized spacial score (nSPS) is 21.4. The van der Waals surface area contributed by atoms with Gasteiger partial charge < -0.3 is 9.84 Å². The molecule has 1 unspecified atom stereocenters. The van der Waals surface area contributed by atoms with Crippen molar-refractivity contribution < 1.29 is 14.6 Å². The third-order valence-electron chi connectivity index (χ3n) is 2.18. The van der Waals surface area contributed by atoms with Crippen LogP contribution in [0.4, 0.5) is 0 Å². The number of aliphatic carboxylic acids is 1. The quantitative estimate of drug-likeness (QED) is 0.713. The SMILES string of the molecule is CN(CC=CC(=O)O)C1CCOC1.Cl. The van der Waals surface area contributed by atoms with Gasteiger partial charge in [0, 0.05) is 25.3 Å². The van der Waals surface area contributed by atoms with E-state index in [1.54, 1.807) is 6.08 Å². The molecular formula is C9H16ClNO3. The largest absolute Gasteiger partial charge is 0.478 e. The van der Waals surface area contributed by atoms with Crippen LogP contribution in [-0.4, -0.2) is 48.8 Å². The zero-order valence-corrected chi connectivity index (χ0v) is 9.00. The van der Waals surface area contributed by atoms with Crippen LogP contribution in [0.5, 0.6) is 0 Å². The number of halogens is 1. The summed E-state index contributed by atoms with van der Waals surface area (Å²) >= 11 is 0. The topological polar surface area (TPSA) is 49.8 Å². The van der Waals surface area contributed by atoms with Gasteiger partial charge in [-0.3, -0.25) is 4.90 Å². The molecule has 1 rings (SSSR count). The van der Waals surface area contributed by atoms with Crippen LogP contribution >= 0.6 is 12.4 Å². The van der Waals surface area contributed by atoms with Crippen molar-refractivity contribution in [2.75, 3.05) is 26.8 Å². The number of carbonyl (C=O) groups is 1. The van der Waals surface area contributed by atoms with Gasteiger partial charge in [-0.2, -0.15) is 0 Å². The summed E-state index contributed by atoms with van der Waals surface area (Å²) in [6.07, 6.45) is 3.87. The van der Waals surface area contributed by atoms with Crippen LogP contribution in [0.25, 0.3) is 0 Å². The van der Waals surface area contributed by atoms with E-state index in [4.69, 9.17) is 9.84 Å². The Morgan fingerprint density at radius 1 is 1.71 bits per heavy atom. The first-order valence-electron chi connectivity index (χ1n) is 4.37. The predicted molar refractivity (Wildman–Crippen MR) is 55.9 cm³/mol. The second kappa shape index (κ2) is 6.81. The van der Waals surface area contributed by atoms with Gasteiger partial charge in [-0.15, -0.1) is 12.4 Å². The van der Waals surface area contributed by atoms with E-state index in [1.165, 1.54) is 6.08 Å². The van der Waals surface area contributed by atoms with Crippen molar-refractivity contribution in [3.63, 3.8) is 0 Å². The molecular weight excluding hydrogens is 206 g/mol. The molecule has 1 aliphatic rings. The van der Waals surface area contributed by atoms with E-state index in [2.05, 4.69) is 4.90 Å². The average molecular weight is 222 g/mol. The standard InChI is InChI=1S/C9H15NO3.ClH/c1-10(5-2-3-9(11)12)8-4-6-13-7-8;/h2-3,8H,4-7H2,1H3,(H,11,12);1H. The van der Waals surface area contributed by atoms with Crippen LogP contribution in [0.3, 0.4) is 0 Å². The molecule has 1 aliphatic heterocycles. The summed E-state index contributed by atoms with van der Waals surface area (Å²) in [5.41, 5.74) is 0. The van der Waals surface area contributed by atoms with Gasteiger partial charge in [-0.05, 0) is 13.5 Å². The highest BCUT2D eigenvalue weighted by Crippen LogP contribution is 2.09. The highest BCUT2D eigenvalue weighted by Gasteiger charge is 2.18. The maximum absolute atomic E-state index is 10.2. The molecule has 1 fully saturated rings. The zero-order chi connectivity index (χ0) is 9.68. The minimum atomic E-state index is -0.893. The fraction of sp³-hybridized carbons (Fsp3) is 0.667. The summed E-state index contributed by atoms with van der Waals surface area (Å²) in [7, 11) is 1.98. The van der Waals surface area contributed by atoms with Gasteiger partial charge in [0.2, 0.25) is 0 Å². The highest BCUT2D eigenvalue weighted by atomic mass is 35.5. The van der Waals surface area contributed by atoms with Crippen LogP contribution in [0.1, 0.15) is 6.42 Å². The molecule has 1 saturated heterocycles. The predicted octanol–water partition coefficient (Wildman–Crippen LogP) is 0.770. The van der Waals surface area contributed by atoms with Crippen LogP contribution in [0.2, 0.25) is 0 Å². The third kappa shape index (κ3) is 4.60. The van der Waals surface area contributed by atoms with Crippen LogP contribution in [0.15, 0.2) is 12.2 Å². The molecule has 0 saturated carbocycles. The first-order valence-corrected chi connectivity index (χ1v) is 4.37. The minimum absolute atomic E-state index is 0. The molecule has 14 heavy (non-hydrogen) atoms. The van der Waals surface area contributed by atoms with E-state index in [0.29, 0.717) is 12.6 Å². The Kier molecular flexibility index (Phi) is 6.53. The van der Waals surface area contributed by atoms with E-state index in [9.17, 15) is 4.79 Å². The lowest BCUT2D eigenvalue weighted by molar-refractivity contribution is -0.131. The third-order valence-corrected chi connectivity index (χ3v) is 2.18. The Hall–Kier alpha value is -0.580. The Morgan fingerprint density at radius 2 is 2.43 bits per heavy atom. The number of carboxylic acid groups (broad SMARTS) is 1. The van der Waals surface area contributed by atoms with E-state index < -0.39 is 5.97 Å². The molecule has 1 heterocycles. The second-order valence-electron chi connectivity index (χ2n) is 3.20. The van der Waals surface area contributed by atoms with Crippen molar-refractivity contribution in [1.82, 2.24) is 4.90 Å². The van der Waals surface area contributed by atoms with Crippen molar-refractivity contribution in [1.29, 1.82) is 0 Å². The van der Waals surface area contributed by atoms with Crippen molar-refractivity contribution in [3.05, 3.63) is 12.2 Å². The Bertz CT molecular complexity index is 202. The van der Waals surface area contributed by atoms with Gasteiger partial charge in [0.05, 0.1) is 6.61 Å². The molecule has 0 aromatic rings. The summed E-state index contributed by atoms with van der Waals surface area (Å²) < 4.78 is 5.22. The van der Waals surface area contributed by atoms with Crippen LogP contribution in [0, 0.1) is 0 Å². The molecule has 82 valence electrons. The molecule has 0 bridgehead atoms. The number of likely N-dealkylation sites (N-methyl/N-ethyl adjacent to an activating group) is 1. The van der Waals surface area contributed by atoms with Crippen LogP contribution < -0.4 is 0 Å². The monoisotopic (exact) mass is 221 g/mol. The minimum Gasteiger partial charge on any atom is -0.478 e.